The fourth-order valence-electron chi connectivity index (χ4n) is 4.14. The van der Waals surface area contributed by atoms with E-state index in [-0.39, 0.29) is 30.9 Å². The minimum Gasteiger partial charge on any atom is -0.337 e. The summed E-state index contributed by atoms with van der Waals surface area (Å²) >= 11 is 0. The van der Waals surface area contributed by atoms with E-state index in [9.17, 15) is 0 Å². The third kappa shape index (κ3) is 6.15. The van der Waals surface area contributed by atoms with Crippen LogP contribution in [0, 0.1) is 12.8 Å². The van der Waals surface area contributed by atoms with Gasteiger partial charge in [0.2, 0.25) is 11.7 Å². The molecule has 1 aromatic heterocycles. The van der Waals surface area contributed by atoms with Crippen LogP contribution in [0.1, 0.15) is 37.3 Å². The lowest BCUT2D eigenvalue weighted by molar-refractivity contribution is 0.0757. The highest BCUT2D eigenvalue weighted by atomic mass is 35.5. The number of benzene rings is 1. The first-order valence-electron chi connectivity index (χ1n) is 10.3. The van der Waals surface area contributed by atoms with Gasteiger partial charge < -0.3 is 14.7 Å². The topological polar surface area (TPSA) is 57.4 Å². The van der Waals surface area contributed by atoms with Gasteiger partial charge in [0.25, 0.3) is 0 Å². The predicted molar refractivity (Wildman–Crippen MR) is 121 cm³/mol. The molecule has 1 unspecified atom stereocenters. The zero-order valence-electron chi connectivity index (χ0n) is 17.3. The fourth-order valence-corrected chi connectivity index (χ4v) is 4.14. The maximum atomic E-state index is 5.59. The lowest BCUT2D eigenvalue weighted by atomic mass is 9.97. The van der Waals surface area contributed by atoms with Crippen molar-refractivity contribution in [3.63, 3.8) is 0 Å². The van der Waals surface area contributed by atoms with Gasteiger partial charge in [0.1, 0.15) is 0 Å². The van der Waals surface area contributed by atoms with Crippen LogP contribution in [0.3, 0.4) is 0 Å². The second-order valence-electron chi connectivity index (χ2n) is 8.03. The summed E-state index contributed by atoms with van der Waals surface area (Å²) in [4.78, 5) is 9.75. The summed E-state index contributed by atoms with van der Waals surface area (Å²) in [5.74, 6) is 2.27. The Morgan fingerprint density at radius 2 is 1.72 bits per heavy atom. The molecule has 0 radical (unpaired) electrons. The molecular formula is C21H33Cl2N5O. The van der Waals surface area contributed by atoms with Gasteiger partial charge in [-0.15, -0.1) is 24.8 Å². The van der Waals surface area contributed by atoms with Crippen molar-refractivity contribution in [3.05, 3.63) is 35.7 Å². The van der Waals surface area contributed by atoms with Crippen LogP contribution < -0.4 is 5.32 Å². The monoisotopic (exact) mass is 441 g/mol. The van der Waals surface area contributed by atoms with E-state index in [1.807, 2.05) is 12.1 Å². The van der Waals surface area contributed by atoms with Gasteiger partial charge in [-0.05, 0) is 45.7 Å². The van der Waals surface area contributed by atoms with Gasteiger partial charge in [-0.3, -0.25) is 4.90 Å². The molecule has 6 nitrogen and oxygen atoms in total. The van der Waals surface area contributed by atoms with E-state index in [1.165, 1.54) is 38.0 Å². The summed E-state index contributed by atoms with van der Waals surface area (Å²) in [5.41, 5.74) is 2.24. The number of hydrogen-bond donors (Lipinski definition) is 1. The first kappa shape index (κ1) is 24.1. The maximum Gasteiger partial charge on any atom is 0.244 e. The summed E-state index contributed by atoms with van der Waals surface area (Å²) < 4.78 is 5.59. The quantitative estimate of drug-likeness (QED) is 0.764. The third-order valence-corrected chi connectivity index (χ3v) is 6.04. The highest BCUT2D eigenvalue weighted by Crippen LogP contribution is 2.24. The van der Waals surface area contributed by atoms with E-state index in [1.54, 1.807) is 0 Å². The minimum atomic E-state index is 0. The summed E-state index contributed by atoms with van der Waals surface area (Å²) in [6, 6.07) is 8.42. The number of rotatable bonds is 5. The Bertz CT molecular complexity index is 725. The number of nitrogens with zero attached hydrogens (tertiary/aromatic N) is 4. The van der Waals surface area contributed by atoms with E-state index in [2.05, 4.69) is 51.2 Å². The molecule has 0 bridgehead atoms. The second kappa shape index (κ2) is 11.3. The standard InChI is InChI=1S/C21H31N5O.2ClH/c1-16-3-5-19(6-4-16)20-23-21(27-24-20)17(2)26-13-11-25(12-14-26)15-18-7-9-22-10-8-18;;/h3-6,17-18,22H,7-15H2,1-2H3;2*1H. The van der Waals surface area contributed by atoms with E-state index in [4.69, 9.17) is 4.52 Å². The second-order valence-corrected chi connectivity index (χ2v) is 8.03. The van der Waals surface area contributed by atoms with Crippen LogP contribution in [0.25, 0.3) is 11.4 Å². The van der Waals surface area contributed by atoms with Crippen LogP contribution in [-0.2, 0) is 0 Å². The van der Waals surface area contributed by atoms with Crippen LogP contribution in [0.2, 0.25) is 0 Å². The molecule has 2 aliphatic heterocycles. The van der Waals surface area contributed by atoms with Crippen LogP contribution in [0.5, 0.6) is 0 Å². The van der Waals surface area contributed by atoms with Gasteiger partial charge in [0.15, 0.2) is 0 Å². The molecule has 2 saturated heterocycles. The van der Waals surface area contributed by atoms with Crippen LogP contribution in [0.4, 0.5) is 0 Å². The molecule has 2 aromatic rings. The van der Waals surface area contributed by atoms with Crippen molar-refractivity contribution >= 4 is 24.8 Å². The Balaban J connectivity index is 0.00000150. The van der Waals surface area contributed by atoms with Crippen molar-refractivity contribution in [3.8, 4) is 11.4 Å². The Morgan fingerprint density at radius 1 is 1.07 bits per heavy atom. The SMILES string of the molecule is Cc1ccc(-c2noc(C(C)N3CCN(CC4CCNCC4)CC3)n2)cc1.Cl.Cl. The molecule has 1 atom stereocenters. The van der Waals surface area contributed by atoms with Crippen LogP contribution >= 0.6 is 24.8 Å². The molecule has 1 N–H and O–H groups in total. The van der Waals surface area contributed by atoms with Crippen LogP contribution in [-0.4, -0.2) is 65.8 Å². The van der Waals surface area contributed by atoms with Gasteiger partial charge in [-0.2, -0.15) is 4.98 Å². The molecule has 1 aromatic carbocycles. The van der Waals surface area contributed by atoms with Crippen molar-refractivity contribution in [1.82, 2.24) is 25.3 Å². The Labute approximate surface area is 186 Å². The average molecular weight is 442 g/mol. The number of hydrogen-bond acceptors (Lipinski definition) is 6. The molecule has 2 fully saturated rings. The molecule has 0 aliphatic carbocycles. The van der Waals surface area contributed by atoms with Gasteiger partial charge >= 0.3 is 0 Å². The number of piperidine rings is 1. The normalized spacial score (nSPS) is 19.9. The fraction of sp³-hybridized carbons (Fsp3) is 0.619. The summed E-state index contributed by atoms with van der Waals surface area (Å²) in [5, 5.41) is 7.65. The number of piperazine rings is 1. The van der Waals surface area contributed by atoms with Crippen molar-refractivity contribution in [2.45, 2.75) is 32.7 Å². The Hall–Kier alpha value is -1.18. The van der Waals surface area contributed by atoms with Crippen LogP contribution in [0.15, 0.2) is 28.8 Å². The number of aromatic nitrogens is 2. The zero-order valence-corrected chi connectivity index (χ0v) is 19.0. The predicted octanol–water partition coefficient (Wildman–Crippen LogP) is 3.57. The van der Waals surface area contributed by atoms with E-state index in [0.29, 0.717) is 5.82 Å². The average Bonchev–Trinajstić information content (AvgIpc) is 3.20. The molecular weight excluding hydrogens is 409 g/mol. The third-order valence-electron chi connectivity index (χ3n) is 6.04. The van der Waals surface area contributed by atoms with E-state index >= 15 is 0 Å². The van der Waals surface area contributed by atoms with Crippen molar-refractivity contribution in [2.24, 2.45) is 5.92 Å². The summed E-state index contributed by atoms with van der Waals surface area (Å²) in [6.07, 6.45) is 2.64. The van der Waals surface area contributed by atoms with E-state index < -0.39 is 0 Å². The molecule has 162 valence electrons. The van der Waals surface area contributed by atoms with Crippen molar-refractivity contribution < 1.29 is 4.52 Å². The summed E-state index contributed by atoms with van der Waals surface area (Å²) in [7, 11) is 0. The highest BCUT2D eigenvalue weighted by molar-refractivity contribution is 5.85. The lowest BCUT2D eigenvalue weighted by Gasteiger charge is -2.38. The van der Waals surface area contributed by atoms with Gasteiger partial charge in [-0.25, -0.2) is 0 Å². The molecule has 0 spiro atoms. The zero-order chi connectivity index (χ0) is 18.6. The molecule has 0 saturated carbocycles. The molecule has 29 heavy (non-hydrogen) atoms. The van der Waals surface area contributed by atoms with Gasteiger partial charge in [0.05, 0.1) is 6.04 Å². The number of nitrogens with one attached hydrogen (secondary N) is 1. The largest absolute Gasteiger partial charge is 0.337 e. The minimum absolute atomic E-state index is 0. The Morgan fingerprint density at radius 3 is 2.38 bits per heavy atom. The number of halogens is 2. The highest BCUT2D eigenvalue weighted by Gasteiger charge is 2.27. The van der Waals surface area contributed by atoms with Gasteiger partial charge in [-0.1, -0.05) is 35.0 Å². The first-order chi connectivity index (χ1) is 13.2. The van der Waals surface area contributed by atoms with Crippen molar-refractivity contribution in [1.29, 1.82) is 0 Å². The van der Waals surface area contributed by atoms with Gasteiger partial charge in [0, 0.05) is 38.3 Å². The lowest BCUT2D eigenvalue weighted by Crippen LogP contribution is -2.49. The molecule has 0 amide bonds. The molecule has 2 aliphatic rings. The number of aryl methyl sites for hydroxylation is 1. The Kier molecular flexibility index (Phi) is 9.37. The van der Waals surface area contributed by atoms with E-state index in [0.717, 1.165) is 43.6 Å². The molecule has 4 rings (SSSR count). The maximum absolute atomic E-state index is 5.59. The van der Waals surface area contributed by atoms with Crippen molar-refractivity contribution in [2.75, 3.05) is 45.8 Å². The summed E-state index contributed by atoms with van der Waals surface area (Å²) in [6.45, 7) is 12.3. The molecule has 3 heterocycles. The first-order valence-corrected chi connectivity index (χ1v) is 10.3. The smallest absolute Gasteiger partial charge is 0.244 e. The molecule has 8 heteroatoms.